The van der Waals surface area contributed by atoms with Crippen LogP contribution in [0, 0.1) is 0 Å². The van der Waals surface area contributed by atoms with Gasteiger partial charge in [-0.1, -0.05) is 31.8 Å². The van der Waals surface area contributed by atoms with Crippen LogP contribution in [0.25, 0.3) is 11.2 Å². The molecule has 0 fully saturated rings. The first-order valence-electron chi connectivity index (χ1n) is 10.6. The summed E-state index contributed by atoms with van der Waals surface area (Å²) in [4.78, 5) is 12.3. The average Bonchev–Trinajstić information content (AvgIpc) is 3.16. The first kappa shape index (κ1) is 25.5. The maximum Gasteiger partial charge on any atom is 0.615 e. The second-order valence-corrected chi connectivity index (χ2v) is 8.14. The Balaban J connectivity index is 1.68. The Morgan fingerprint density at radius 2 is 1.84 bits per heavy atom. The number of hydrogen-bond donors (Lipinski definition) is 2. The van der Waals surface area contributed by atoms with Crippen molar-refractivity contribution in [3.8, 4) is 0 Å². The summed E-state index contributed by atoms with van der Waals surface area (Å²) in [6.07, 6.45) is 6.33. The number of aromatic nitrogens is 4. The SMILES string of the molecule is CCCCOC(CN[P+](=O)OCO[C@H](C)Cn1cnc2c(N)ncnc21)OCCCC. The van der Waals surface area contributed by atoms with Crippen molar-refractivity contribution in [3.63, 3.8) is 0 Å². The molecule has 2 atom stereocenters. The minimum absolute atomic E-state index is 0.120. The summed E-state index contributed by atoms with van der Waals surface area (Å²) in [5.41, 5.74) is 6.98. The van der Waals surface area contributed by atoms with Gasteiger partial charge in [0.05, 0.1) is 25.5 Å². The number of rotatable bonds is 17. The molecule has 2 aromatic heterocycles. The van der Waals surface area contributed by atoms with E-state index in [-0.39, 0.29) is 19.4 Å². The molecule has 0 radical (unpaired) electrons. The van der Waals surface area contributed by atoms with Crippen LogP contribution in [0.2, 0.25) is 0 Å². The van der Waals surface area contributed by atoms with E-state index in [1.807, 2.05) is 11.5 Å². The zero-order valence-corrected chi connectivity index (χ0v) is 19.4. The van der Waals surface area contributed by atoms with Crippen LogP contribution in [0.4, 0.5) is 5.82 Å². The number of nitrogens with zero attached hydrogens (tertiary/aromatic N) is 4. The van der Waals surface area contributed by atoms with E-state index >= 15 is 0 Å². The van der Waals surface area contributed by atoms with Crippen LogP contribution in [-0.2, 0) is 29.8 Å². The predicted octanol–water partition coefficient (Wildman–Crippen LogP) is 2.99. The Morgan fingerprint density at radius 1 is 1.13 bits per heavy atom. The molecule has 0 bridgehead atoms. The van der Waals surface area contributed by atoms with Gasteiger partial charge in [-0.25, -0.2) is 15.0 Å². The molecular weight excluding hydrogens is 423 g/mol. The molecular formula is C19H34N6O5P+. The monoisotopic (exact) mass is 457 g/mol. The minimum Gasteiger partial charge on any atom is -0.382 e. The van der Waals surface area contributed by atoms with Gasteiger partial charge in [-0.3, -0.25) is 0 Å². The third-order valence-corrected chi connectivity index (χ3v) is 5.18. The highest BCUT2D eigenvalue weighted by Gasteiger charge is 2.22. The van der Waals surface area contributed by atoms with Crippen molar-refractivity contribution in [3.05, 3.63) is 12.7 Å². The van der Waals surface area contributed by atoms with Gasteiger partial charge < -0.3 is 24.5 Å². The molecule has 12 heteroatoms. The van der Waals surface area contributed by atoms with Gasteiger partial charge in [-0.05, 0) is 24.3 Å². The lowest BCUT2D eigenvalue weighted by Crippen LogP contribution is -2.29. The summed E-state index contributed by atoms with van der Waals surface area (Å²) >= 11 is 0. The first-order valence-corrected chi connectivity index (χ1v) is 11.8. The predicted molar refractivity (Wildman–Crippen MR) is 117 cm³/mol. The molecule has 0 aliphatic rings. The molecule has 2 aromatic rings. The van der Waals surface area contributed by atoms with Crippen molar-refractivity contribution in [1.29, 1.82) is 0 Å². The average molecular weight is 457 g/mol. The number of fused-ring (bicyclic) bond motifs is 1. The third-order valence-electron chi connectivity index (χ3n) is 4.40. The van der Waals surface area contributed by atoms with E-state index in [0.29, 0.717) is 36.7 Å². The Morgan fingerprint density at radius 3 is 2.52 bits per heavy atom. The highest BCUT2D eigenvalue weighted by atomic mass is 31.1. The van der Waals surface area contributed by atoms with Crippen LogP contribution in [0.3, 0.4) is 0 Å². The normalized spacial score (nSPS) is 13.2. The molecule has 0 spiro atoms. The van der Waals surface area contributed by atoms with E-state index in [4.69, 9.17) is 24.5 Å². The molecule has 0 saturated carbocycles. The Hall–Kier alpha value is -1.75. The van der Waals surface area contributed by atoms with E-state index in [9.17, 15) is 4.57 Å². The standard InChI is InChI=1S/C19H34N6O5P/c1-4-6-8-27-16(28-9-7-5-2)10-24-31(26)30-14-29-15(3)11-25-13-23-17-18(20)21-12-22-19(17)25/h12-13,15-16H,4-11,14H2,1-3H3,(H,24,26)(H2,20,21,22)/q+1/t15-/m1/s1. The maximum absolute atomic E-state index is 12.1. The lowest BCUT2D eigenvalue weighted by molar-refractivity contribution is -0.138. The highest BCUT2D eigenvalue weighted by Crippen LogP contribution is 2.18. The minimum atomic E-state index is -2.10. The van der Waals surface area contributed by atoms with Crippen LogP contribution >= 0.6 is 8.18 Å². The summed E-state index contributed by atoms with van der Waals surface area (Å²) in [7, 11) is -2.10. The van der Waals surface area contributed by atoms with Crippen LogP contribution < -0.4 is 10.8 Å². The molecule has 174 valence electrons. The van der Waals surface area contributed by atoms with E-state index in [1.54, 1.807) is 6.33 Å². The highest BCUT2D eigenvalue weighted by molar-refractivity contribution is 7.36. The molecule has 0 aromatic carbocycles. The Labute approximate surface area is 183 Å². The van der Waals surface area contributed by atoms with Gasteiger partial charge in [0.15, 0.2) is 17.8 Å². The largest absolute Gasteiger partial charge is 0.615 e. The van der Waals surface area contributed by atoms with Crippen molar-refractivity contribution in [2.24, 2.45) is 0 Å². The van der Waals surface area contributed by atoms with Crippen molar-refractivity contribution in [2.45, 2.75) is 65.4 Å². The lowest BCUT2D eigenvalue weighted by Gasteiger charge is -2.16. The fraction of sp³-hybridized carbons (Fsp3) is 0.737. The number of nitrogens with one attached hydrogen (secondary N) is 1. The van der Waals surface area contributed by atoms with Gasteiger partial charge in [0, 0.05) is 13.2 Å². The van der Waals surface area contributed by atoms with Crippen LogP contribution in [-0.4, -0.2) is 58.5 Å². The number of ether oxygens (including phenoxy) is 3. The second kappa shape index (κ2) is 14.3. The lowest BCUT2D eigenvalue weighted by atomic mass is 10.3. The number of anilines is 1. The van der Waals surface area contributed by atoms with Gasteiger partial charge in [0.25, 0.3) is 0 Å². The number of imidazole rings is 1. The molecule has 0 aliphatic heterocycles. The van der Waals surface area contributed by atoms with Crippen molar-refractivity contribution in [1.82, 2.24) is 24.6 Å². The van der Waals surface area contributed by atoms with E-state index in [0.717, 1.165) is 25.7 Å². The van der Waals surface area contributed by atoms with Crippen molar-refractivity contribution < 1.29 is 23.3 Å². The van der Waals surface area contributed by atoms with E-state index in [2.05, 4.69) is 33.9 Å². The van der Waals surface area contributed by atoms with Gasteiger partial charge in [0.1, 0.15) is 11.8 Å². The molecule has 2 rings (SSSR count). The summed E-state index contributed by atoms with van der Waals surface area (Å²) in [5.74, 6) is 0.333. The zero-order valence-electron chi connectivity index (χ0n) is 18.5. The quantitative estimate of drug-likeness (QED) is 0.207. The second-order valence-electron chi connectivity index (χ2n) is 7.05. The topological polar surface area (TPSA) is 136 Å². The van der Waals surface area contributed by atoms with Crippen LogP contribution in [0.15, 0.2) is 12.7 Å². The van der Waals surface area contributed by atoms with E-state index < -0.39 is 14.5 Å². The smallest absolute Gasteiger partial charge is 0.382 e. The molecule has 3 N–H and O–H groups in total. The molecule has 31 heavy (non-hydrogen) atoms. The maximum atomic E-state index is 12.1. The molecule has 1 unspecified atom stereocenters. The number of unbranched alkanes of at least 4 members (excludes halogenated alkanes) is 2. The number of hydrogen-bond acceptors (Lipinski definition) is 9. The molecule has 0 saturated heterocycles. The van der Waals surface area contributed by atoms with Gasteiger partial charge in [-0.15, -0.1) is 4.52 Å². The fourth-order valence-corrected chi connectivity index (χ4v) is 3.18. The summed E-state index contributed by atoms with van der Waals surface area (Å²) < 4.78 is 36.1. The summed E-state index contributed by atoms with van der Waals surface area (Å²) in [5, 5.41) is 2.80. The van der Waals surface area contributed by atoms with Crippen molar-refractivity contribution >= 4 is 25.2 Å². The van der Waals surface area contributed by atoms with Gasteiger partial charge in [-0.2, -0.15) is 0 Å². The molecule has 0 amide bonds. The molecule has 11 nitrogen and oxygen atoms in total. The molecule has 2 heterocycles. The van der Waals surface area contributed by atoms with Crippen LogP contribution in [0.1, 0.15) is 46.5 Å². The third kappa shape index (κ3) is 9.10. The zero-order chi connectivity index (χ0) is 22.5. The van der Waals surface area contributed by atoms with Gasteiger partial charge >= 0.3 is 8.18 Å². The Kier molecular flexibility index (Phi) is 11.8. The van der Waals surface area contributed by atoms with Gasteiger partial charge in [0.2, 0.25) is 6.79 Å². The first-order chi connectivity index (χ1) is 15.0. The Bertz CT molecular complexity index is 782. The summed E-state index contributed by atoms with van der Waals surface area (Å²) in [6, 6.07) is 0. The number of nitrogen functional groups attached to an aromatic ring is 1. The summed E-state index contributed by atoms with van der Waals surface area (Å²) in [6.45, 7) is 7.92. The van der Waals surface area contributed by atoms with Crippen molar-refractivity contribution in [2.75, 3.05) is 32.3 Å². The van der Waals surface area contributed by atoms with Crippen LogP contribution in [0.5, 0.6) is 0 Å². The fourth-order valence-electron chi connectivity index (χ4n) is 2.64. The number of nitrogens with two attached hydrogens (primary N) is 1. The van der Waals surface area contributed by atoms with E-state index in [1.165, 1.54) is 6.33 Å². The molecule has 0 aliphatic carbocycles.